The van der Waals surface area contributed by atoms with Crippen molar-refractivity contribution in [3.05, 3.63) is 69.3 Å². The predicted molar refractivity (Wildman–Crippen MR) is 127 cm³/mol. The highest BCUT2D eigenvalue weighted by Crippen LogP contribution is 2.31. The second-order valence-corrected chi connectivity index (χ2v) is 9.42. The average Bonchev–Trinajstić information content (AvgIpc) is 3.15. The molecule has 0 bridgehead atoms. The highest BCUT2D eigenvalue weighted by Gasteiger charge is 2.22. The van der Waals surface area contributed by atoms with Crippen molar-refractivity contribution in [3.63, 3.8) is 0 Å². The number of nitrogens with one attached hydrogen (secondary N) is 3. The number of anilines is 2. The predicted octanol–water partition coefficient (Wildman–Crippen LogP) is 5.77. The van der Waals surface area contributed by atoms with E-state index in [1.165, 1.54) is 11.1 Å². The standard InChI is InChI=1S/C23H25Cl2N5O/c1-23(2,3)19-12-20(28-22(31)27-18-6-4-5-17(24)21(18)25)30(29-19)16-8-7-15-13-26-10-9-14(15)11-16/h4-8,11-12,26H,9-10,13H2,1-3H3,(H2,27,28,31). The molecule has 3 N–H and O–H groups in total. The maximum atomic E-state index is 12.7. The summed E-state index contributed by atoms with van der Waals surface area (Å²) in [4.78, 5) is 12.7. The van der Waals surface area contributed by atoms with E-state index in [1.807, 2.05) is 12.1 Å². The van der Waals surface area contributed by atoms with Crippen LogP contribution in [0.5, 0.6) is 0 Å². The maximum absolute atomic E-state index is 12.7. The third-order valence-corrected chi connectivity index (χ3v) is 6.06. The Labute approximate surface area is 191 Å². The number of fused-ring (bicyclic) bond motifs is 1. The summed E-state index contributed by atoms with van der Waals surface area (Å²) in [5, 5.41) is 14.5. The maximum Gasteiger partial charge on any atom is 0.324 e. The first kappa shape index (κ1) is 21.7. The Morgan fingerprint density at radius 3 is 2.68 bits per heavy atom. The highest BCUT2D eigenvalue weighted by atomic mass is 35.5. The van der Waals surface area contributed by atoms with Crippen LogP contribution >= 0.6 is 23.2 Å². The zero-order chi connectivity index (χ0) is 22.2. The molecule has 0 atom stereocenters. The van der Waals surface area contributed by atoms with E-state index in [4.69, 9.17) is 28.3 Å². The van der Waals surface area contributed by atoms with E-state index in [9.17, 15) is 4.79 Å². The van der Waals surface area contributed by atoms with Crippen molar-refractivity contribution < 1.29 is 4.79 Å². The fourth-order valence-corrected chi connectivity index (χ4v) is 3.85. The van der Waals surface area contributed by atoms with Gasteiger partial charge in [0.05, 0.1) is 27.1 Å². The molecule has 31 heavy (non-hydrogen) atoms. The van der Waals surface area contributed by atoms with Gasteiger partial charge in [-0.15, -0.1) is 0 Å². The van der Waals surface area contributed by atoms with E-state index < -0.39 is 6.03 Å². The number of carbonyl (C=O) groups excluding carboxylic acids is 1. The molecule has 2 aromatic carbocycles. The Morgan fingerprint density at radius 2 is 1.90 bits per heavy atom. The molecule has 3 aromatic rings. The van der Waals surface area contributed by atoms with Crippen LogP contribution in [0.1, 0.15) is 37.6 Å². The van der Waals surface area contributed by atoms with Gasteiger partial charge >= 0.3 is 6.03 Å². The third kappa shape index (κ3) is 4.71. The molecular formula is C23H25Cl2N5O. The largest absolute Gasteiger partial charge is 0.324 e. The van der Waals surface area contributed by atoms with Gasteiger partial charge in [-0.05, 0) is 48.4 Å². The molecule has 4 rings (SSSR count). The SMILES string of the molecule is CC(C)(C)c1cc(NC(=O)Nc2cccc(Cl)c2Cl)n(-c2ccc3c(c2)CCNC3)n1. The van der Waals surface area contributed by atoms with Gasteiger partial charge in [-0.25, -0.2) is 9.48 Å². The minimum Gasteiger partial charge on any atom is -0.312 e. The van der Waals surface area contributed by atoms with Crippen molar-refractivity contribution in [2.75, 3.05) is 17.2 Å². The van der Waals surface area contributed by atoms with E-state index in [0.29, 0.717) is 21.6 Å². The molecule has 0 saturated heterocycles. The van der Waals surface area contributed by atoms with Crippen molar-refractivity contribution in [3.8, 4) is 5.69 Å². The van der Waals surface area contributed by atoms with Crippen LogP contribution in [-0.4, -0.2) is 22.4 Å². The number of benzene rings is 2. The Bertz CT molecular complexity index is 1130. The van der Waals surface area contributed by atoms with Gasteiger partial charge in [-0.2, -0.15) is 5.10 Å². The smallest absolute Gasteiger partial charge is 0.312 e. The number of carbonyl (C=O) groups is 1. The van der Waals surface area contributed by atoms with E-state index in [1.54, 1.807) is 22.9 Å². The molecule has 0 spiro atoms. The Kier molecular flexibility index (Phi) is 5.97. The fourth-order valence-electron chi connectivity index (χ4n) is 3.50. The summed E-state index contributed by atoms with van der Waals surface area (Å²) in [5.74, 6) is 0.578. The van der Waals surface area contributed by atoms with Gasteiger partial charge < -0.3 is 10.6 Å². The number of rotatable bonds is 3. The van der Waals surface area contributed by atoms with Crippen molar-refractivity contribution in [1.82, 2.24) is 15.1 Å². The summed E-state index contributed by atoms with van der Waals surface area (Å²) in [6.45, 7) is 8.10. The molecule has 162 valence electrons. The number of hydrogen-bond donors (Lipinski definition) is 3. The van der Waals surface area contributed by atoms with E-state index >= 15 is 0 Å². The molecule has 0 radical (unpaired) electrons. The molecule has 6 nitrogen and oxygen atoms in total. The summed E-state index contributed by atoms with van der Waals surface area (Å²) in [6, 6.07) is 12.9. The van der Waals surface area contributed by atoms with Gasteiger partial charge in [0.2, 0.25) is 0 Å². The summed E-state index contributed by atoms with van der Waals surface area (Å²) in [7, 11) is 0. The Hall–Kier alpha value is -2.54. The molecule has 1 aromatic heterocycles. The number of nitrogens with zero attached hydrogens (tertiary/aromatic N) is 2. The third-order valence-electron chi connectivity index (χ3n) is 5.24. The van der Waals surface area contributed by atoms with Crippen LogP contribution in [-0.2, 0) is 18.4 Å². The molecule has 0 saturated carbocycles. The lowest BCUT2D eigenvalue weighted by molar-refractivity contribution is 0.262. The van der Waals surface area contributed by atoms with Crippen molar-refractivity contribution in [2.45, 2.75) is 39.2 Å². The first-order chi connectivity index (χ1) is 14.7. The average molecular weight is 458 g/mol. The van der Waals surface area contributed by atoms with Gasteiger partial charge in [0.25, 0.3) is 0 Å². The first-order valence-corrected chi connectivity index (χ1v) is 10.9. The van der Waals surface area contributed by atoms with Gasteiger partial charge in [-0.3, -0.25) is 5.32 Å². The molecule has 1 aliphatic rings. The minimum atomic E-state index is -0.423. The summed E-state index contributed by atoms with van der Waals surface area (Å²) >= 11 is 12.3. The molecule has 0 aliphatic carbocycles. The molecule has 8 heteroatoms. The topological polar surface area (TPSA) is 71.0 Å². The second kappa shape index (κ2) is 8.54. The number of halogens is 2. The van der Waals surface area contributed by atoms with Gasteiger partial charge in [0, 0.05) is 18.0 Å². The van der Waals surface area contributed by atoms with Crippen molar-refractivity contribution in [2.24, 2.45) is 0 Å². The lowest BCUT2D eigenvalue weighted by atomic mass is 9.92. The monoisotopic (exact) mass is 457 g/mol. The van der Waals surface area contributed by atoms with Crippen LogP contribution in [0.2, 0.25) is 10.0 Å². The van der Waals surface area contributed by atoms with Crippen LogP contribution in [0, 0.1) is 0 Å². The number of aromatic nitrogens is 2. The van der Waals surface area contributed by atoms with E-state index in [2.05, 4.69) is 48.9 Å². The molecule has 2 heterocycles. The number of amides is 2. The molecule has 0 unspecified atom stereocenters. The first-order valence-electron chi connectivity index (χ1n) is 10.2. The number of hydrogen-bond acceptors (Lipinski definition) is 3. The van der Waals surface area contributed by atoms with Crippen LogP contribution in [0.25, 0.3) is 5.69 Å². The molecular weight excluding hydrogens is 433 g/mol. The van der Waals surface area contributed by atoms with Crippen molar-refractivity contribution >= 4 is 40.7 Å². The fraction of sp³-hybridized carbons (Fsp3) is 0.304. The summed E-state index contributed by atoms with van der Waals surface area (Å²) in [6.07, 6.45) is 0.965. The Morgan fingerprint density at radius 1 is 1.10 bits per heavy atom. The van der Waals surface area contributed by atoms with Gasteiger partial charge in [0.15, 0.2) is 0 Å². The highest BCUT2D eigenvalue weighted by molar-refractivity contribution is 6.44. The van der Waals surface area contributed by atoms with E-state index in [-0.39, 0.29) is 5.41 Å². The van der Waals surface area contributed by atoms with E-state index in [0.717, 1.165) is 30.9 Å². The zero-order valence-corrected chi connectivity index (χ0v) is 19.2. The quantitative estimate of drug-likeness (QED) is 0.467. The van der Waals surface area contributed by atoms with Crippen LogP contribution in [0.4, 0.5) is 16.3 Å². The number of urea groups is 1. The van der Waals surface area contributed by atoms with Crippen molar-refractivity contribution in [1.29, 1.82) is 0 Å². The molecule has 1 aliphatic heterocycles. The van der Waals surface area contributed by atoms with Crippen LogP contribution < -0.4 is 16.0 Å². The molecule has 0 fully saturated rings. The summed E-state index contributed by atoms with van der Waals surface area (Å²) < 4.78 is 1.78. The second-order valence-electron chi connectivity index (χ2n) is 8.64. The normalized spacial score (nSPS) is 13.6. The molecule has 2 amide bonds. The Balaban J connectivity index is 1.66. The van der Waals surface area contributed by atoms with Crippen LogP contribution in [0.15, 0.2) is 42.5 Å². The summed E-state index contributed by atoms with van der Waals surface area (Å²) in [5.41, 5.74) is 4.64. The lowest BCUT2D eigenvalue weighted by Crippen LogP contribution is -2.24. The van der Waals surface area contributed by atoms with Crippen LogP contribution in [0.3, 0.4) is 0 Å². The minimum absolute atomic E-state index is 0.174. The zero-order valence-electron chi connectivity index (χ0n) is 17.7. The van der Waals surface area contributed by atoms with Gasteiger partial charge in [0.1, 0.15) is 5.82 Å². The van der Waals surface area contributed by atoms with Gasteiger partial charge in [-0.1, -0.05) is 56.1 Å². The lowest BCUT2D eigenvalue weighted by Gasteiger charge is -2.18.